The lowest BCUT2D eigenvalue weighted by molar-refractivity contribution is -0.138. The van der Waals surface area contributed by atoms with Gasteiger partial charge in [-0.15, -0.1) is 0 Å². The Balaban J connectivity index is 3.05. The Morgan fingerprint density at radius 1 is 1.13 bits per heavy atom. The minimum absolute atomic E-state index is 0.273. The number of azide groups is 1. The molecule has 7 heteroatoms. The average molecular weight is 315 g/mol. The lowest BCUT2D eigenvalue weighted by Crippen LogP contribution is -1.99. The van der Waals surface area contributed by atoms with Crippen molar-refractivity contribution in [1.29, 1.82) is 0 Å². The molecule has 0 aromatic heterocycles. The second-order valence-corrected chi connectivity index (χ2v) is 4.18. The van der Waals surface area contributed by atoms with Gasteiger partial charge < -0.3 is 9.47 Å². The van der Waals surface area contributed by atoms with Crippen LogP contribution < -0.4 is 0 Å². The fourth-order valence-corrected chi connectivity index (χ4v) is 1.65. The summed E-state index contributed by atoms with van der Waals surface area (Å²) in [5.41, 5.74) is 10.2. The predicted octanol–water partition coefficient (Wildman–Crippen LogP) is 3.78. The number of ether oxygens (including phenoxy) is 2. The van der Waals surface area contributed by atoms with Gasteiger partial charge in [-0.3, -0.25) is 0 Å². The van der Waals surface area contributed by atoms with Crippen LogP contribution in [0.15, 0.2) is 35.5 Å². The summed E-state index contributed by atoms with van der Waals surface area (Å²) < 4.78 is 9.59. The van der Waals surface area contributed by atoms with Gasteiger partial charge in [-0.1, -0.05) is 17.2 Å². The van der Waals surface area contributed by atoms with E-state index in [-0.39, 0.29) is 6.61 Å². The zero-order valence-electron chi connectivity index (χ0n) is 12.9. The van der Waals surface area contributed by atoms with Crippen LogP contribution in [0, 0.1) is 0 Å². The molecule has 0 saturated heterocycles. The van der Waals surface area contributed by atoms with Crippen molar-refractivity contribution in [1.82, 2.24) is 0 Å². The summed E-state index contributed by atoms with van der Waals surface area (Å²) in [5, 5.41) is 3.56. The van der Waals surface area contributed by atoms with Crippen LogP contribution in [0.2, 0.25) is 0 Å². The topological polar surface area (TPSA) is 101 Å². The largest absolute Gasteiger partial charge is 0.463 e. The van der Waals surface area contributed by atoms with Gasteiger partial charge in [0.2, 0.25) is 0 Å². The zero-order chi connectivity index (χ0) is 17.1. The van der Waals surface area contributed by atoms with E-state index in [1.165, 1.54) is 18.2 Å². The van der Waals surface area contributed by atoms with Gasteiger partial charge in [0.05, 0.1) is 13.2 Å². The number of carbonyl (C=O) groups excluding carboxylic acids is 2. The Morgan fingerprint density at radius 3 is 2.30 bits per heavy atom. The third-order valence-electron chi connectivity index (χ3n) is 2.59. The van der Waals surface area contributed by atoms with Crippen molar-refractivity contribution >= 4 is 29.8 Å². The summed E-state index contributed by atoms with van der Waals surface area (Å²) in [6.07, 6.45) is 5.60. The number of benzene rings is 1. The fraction of sp³-hybridized carbons (Fsp3) is 0.250. The van der Waals surface area contributed by atoms with E-state index in [1.54, 1.807) is 38.1 Å². The predicted molar refractivity (Wildman–Crippen MR) is 86.6 cm³/mol. The molecular weight excluding hydrogens is 298 g/mol. The molecular formula is C16H17N3O4. The van der Waals surface area contributed by atoms with Crippen molar-refractivity contribution in [2.45, 2.75) is 13.8 Å². The molecule has 7 nitrogen and oxygen atoms in total. The molecule has 0 fully saturated rings. The van der Waals surface area contributed by atoms with Crippen LogP contribution in [-0.4, -0.2) is 25.2 Å². The molecule has 0 heterocycles. The van der Waals surface area contributed by atoms with Crippen LogP contribution >= 0.6 is 0 Å². The van der Waals surface area contributed by atoms with Crippen LogP contribution in [0.25, 0.3) is 22.6 Å². The van der Waals surface area contributed by atoms with Crippen molar-refractivity contribution < 1.29 is 19.1 Å². The molecule has 0 bridgehead atoms. The normalized spacial score (nSPS) is 10.5. The average Bonchev–Trinajstić information content (AvgIpc) is 2.53. The van der Waals surface area contributed by atoms with E-state index in [0.29, 0.717) is 23.4 Å². The van der Waals surface area contributed by atoms with E-state index < -0.39 is 11.9 Å². The summed E-state index contributed by atoms with van der Waals surface area (Å²) in [6, 6.07) is 4.95. The molecule has 0 saturated carbocycles. The van der Waals surface area contributed by atoms with Gasteiger partial charge >= 0.3 is 11.9 Å². The van der Waals surface area contributed by atoms with Gasteiger partial charge in [-0.2, -0.15) is 0 Å². The Kier molecular flexibility index (Phi) is 7.68. The second kappa shape index (κ2) is 9.81. The summed E-state index contributed by atoms with van der Waals surface area (Å²) in [4.78, 5) is 25.4. The van der Waals surface area contributed by atoms with Crippen LogP contribution in [0.3, 0.4) is 0 Å². The number of hydrogen-bond donors (Lipinski definition) is 0. The van der Waals surface area contributed by atoms with Crippen molar-refractivity contribution in [2.24, 2.45) is 5.11 Å². The molecule has 0 amide bonds. The van der Waals surface area contributed by atoms with Gasteiger partial charge in [-0.25, -0.2) is 9.59 Å². The molecule has 0 aliphatic carbocycles. The highest BCUT2D eigenvalue weighted by Crippen LogP contribution is 2.23. The fourth-order valence-electron chi connectivity index (χ4n) is 1.65. The monoisotopic (exact) mass is 315 g/mol. The van der Waals surface area contributed by atoms with E-state index in [4.69, 9.17) is 15.0 Å². The van der Waals surface area contributed by atoms with Crippen LogP contribution in [0.1, 0.15) is 25.0 Å². The first kappa shape index (κ1) is 18.0. The third kappa shape index (κ3) is 6.50. The molecule has 0 N–H and O–H groups in total. The molecule has 0 unspecified atom stereocenters. The SMILES string of the molecule is CCOC(=O)/C=C/c1ccc(N=[N+]=[N-])c(/C=C/C(=O)OCC)c1. The first-order valence-corrected chi connectivity index (χ1v) is 6.99. The highest BCUT2D eigenvalue weighted by atomic mass is 16.5. The van der Waals surface area contributed by atoms with E-state index >= 15 is 0 Å². The van der Waals surface area contributed by atoms with Gasteiger partial charge in [0.1, 0.15) is 0 Å². The van der Waals surface area contributed by atoms with Crippen molar-refractivity contribution in [3.63, 3.8) is 0 Å². The van der Waals surface area contributed by atoms with E-state index in [9.17, 15) is 9.59 Å². The van der Waals surface area contributed by atoms with Crippen LogP contribution in [-0.2, 0) is 19.1 Å². The molecule has 120 valence electrons. The quantitative estimate of drug-likeness (QED) is 0.251. The van der Waals surface area contributed by atoms with Gasteiger partial charge in [0.15, 0.2) is 0 Å². The van der Waals surface area contributed by atoms with Crippen molar-refractivity contribution in [3.8, 4) is 0 Å². The van der Waals surface area contributed by atoms with Gasteiger partial charge in [0.25, 0.3) is 0 Å². The molecule has 0 aliphatic rings. The zero-order valence-corrected chi connectivity index (χ0v) is 12.9. The van der Waals surface area contributed by atoms with E-state index in [1.807, 2.05) is 0 Å². The number of nitrogens with zero attached hydrogens (tertiary/aromatic N) is 3. The third-order valence-corrected chi connectivity index (χ3v) is 2.59. The molecule has 1 aromatic rings. The maximum Gasteiger partial charge on any atom is 0.330 e. The Bertz CT molecular complexity index is 674. The molecule has 0 aliphatic heterocycles. The highest BCUT2D eigenvalue weighted by Gasteiger charge is 2.01. The second-order valence-electron chi connectivity index (χ2n) is 4.18. The molecule has 0 spiro atoms. The lowest BCUT2D eigenvalue weighted by Gasteiger charge is -2.02. The Hall–Kier alpha value is -3.05. The minimum atomic E-state index is -0.494. The van der Waals surface area contributed by atoms with E-state index in [0.717, 1.165) is 0 Å². The lowest BCUT2D eigenvalue weighted by atomic mass is 10.1. The summed E-state index contributed by atoms with van der Waals surface area (Å²) >= 11 is 0. The van der Waals surface area contributed by atoms with E-state index in [2.05, 4.69) is 10.0 Å². The summed E-state index contributed by atoms with van der Waals surface area (Å²) in [5.74, 6) is -0.943. The summed E-state index contributed by atoms with van der Waals surface area (Å²) in [6.45, 7) is 4.00. The highest BCUT2D eigenvalue weighted by molar-refractivity contribution is 5.89. The van der Waals surface area contributed by atoms with Crippen LogP contribution in [0.5, 0.6) is 0 Å². The smallest absolute Gasteiger partial charge is 0.330 e. The number of esters is 2. The Morgan fingerprint density at radius 2 is 1.74 bits per heavy atom. The minimum Gasteiger partial charge on any atom is -0.463 e. The Labute approximate surface area is 133 Å². The maximum atomic E-state index is 11.4. The first-order valence-electron chi connectivity index (χ1n) is 6.99. The van der Waals surface area contributed by atoms with Gasteiger partial charge in [-0.05, 0) is 48.7 Å². The van der Waals surface area contributed by atoms with Crippen molar-refractivity contribution in [3.05, 3.63) is 51.9 Å². The van der Waals surface area contributed by atoms with Crippen molar-refractivity contribution in [2.75, 3.05) is 13.2 Å². The molecule has 23 heavy (non-hydrogen) atoms. The number of hydrogen-bond acceptors (Lipinski definition) is 5. The number of rotatable bonds is 7. The molecule has 0 atom stereocenters. The molecule has 1 rings (SSSR count). The number of carbonyl (C=O) groups is 2. The van der Waals surface area contributed by atoms with Gasteiger partial charge in [0, 0.05) is 22.8 Å². The molecule has 0 radical (unpaired) electrons. The standard InChI is InChI=1S/C16H17N3O4/c1-3-22-15(20)9-6-12-5-8-14(18-19-17)13(11-12)7-10-16(21)23-4-2/h5-11H,3-4H2,1-2H3/b9-6+,10-7+. The first-order chi connectivity index (χ1) is 11.1. The molecule has 1 aromatic carbocycles. The maximum absolute atomic E-state index is 11.4. The summed E-state index contributed by atoms with van der Waals surface area (Å²) in [7, 11) is 0. The van der Waals surface area contributed by atoms with Crippen LogP contribution in [0.4, 0.5) is 5.69 Å².